The van der Waals surface area contributed by atoms with Crippen LogP contribution in [0.15, 0.2) is 24.3 Å². The van der Waals surface area contributed by atoms with Gasteiger partial charge in [0.25, 0.3) is 0 Å². The molecule has 0 bridgehead atoms. The summed E-state index contributed by atoms with van der Waals surface area (Å²) < 4.78 is 13.4. The number of likely N-dealkylation sites (N-methyl/N-ethyl adjacent to an activating group) is 1. The summed E-state index contributed by atoms with van der Waals surface area (Å²) in [7, 11) is 1.77. The molecule has 0 aliphatic rings. The Morgan fingerprint density at radius 2 is 2.12 bits per heavy atom. The van der Waals surface area contributed by atoms with Gasteiger partial charge in [-0.25, -0.2) is 4.39 Å². The molecule has 1 unspecified atom stereocenters. The van der Waals surface area contributed by atoms with Crippen LogP contribution in [0.4, 0.5) is 4.39 Å². The normalized spacial score (nSPS) is 12.8. The summed E-state index contributed by atoms with van der Waals surface area (Å²) in [6.07, 6.45) is 0.625. The lowest BCUT2D eigenvalue weighted by Crippen LogP contribution is -2.41. The first kappa shape index (κ1) is 12.6. The standard InChI is InChI=1S/C12H17FN2O/c1-3-11(12(14)16)15(2)8-9-6-4-5-7-10(9)13/h4-7,11H,3,8H2,1-2H3,(H2,14,16). The van der Waals surface area contributed by atoms with E-state index >= 15 is 0 Å². The number of halogens is 1. The number of nitrogens with two attached hydrogens (primary N) is 1. The molecule has 0 aromatic heterocycles. The minimum atomic E-state index is -0.374. The lowest BCUT2D eigenvalue weighted by molar-refractivity contribution is -0.123. The van der Waals surface area contributed by atoms with E-state index in [9.17, 15) is 9.18 Å². The maximum absolute atomic E-state index is 13.4. The number of primary amides is 1. The zero-order chi connectivity index (χ0) is 12.1. The average Bonchev–Trinajstić information content (AvgIpc) is 2.22. The number of benzene rings is 1. The Labute approximate surface area is 95.0 Å². The molecule has 0 spiro atoms. The number of carbonyl (C=O) groups excluding carboxylic acids is 1. The number of nitrogens with zero attached hydrogens (tertiary/aromatic N) is 1. The van der Waals surface area contributed by atoms with Gasteiger partial charge in [0.1, 0.15) is 5.82 Å². The van der Waals surface area contributed by atoms with Crippen LogP contribution >= 0.6 is 0 Å². The van der Waals surface area contributed by atoms with Crippen molar-refractivity contribution >= 4 is 5.91 Å². The maximum Gasteiger partial charge on any atom is 0.234 e. The Morgan fingerprint density at radius 3 is 2.62 bits per heavy atom. The minimum absolute atomic E-state index is 0.256. The highest BCUT2D eigenvalue weighted by Crippen LogP contribution is 2.11. The molecular weight excluding hydrogens is 207 g/mol. The predicted octanol–water partition coefficient (Wildman–Crippen LogP) is 1.52. The van der Waals surface area contributed by atoms with Crippen molar-refractivity contribution in [2.75, 3.05) is 7.05 Å². The SMILES string of the molecule is CCC(C(N)=O)N(C)Cc1ccccc1F. The van der Waals surface area contributed by atoms with E-state index < -0.39 is 0 Å². The third-order valence-corrected chi connectivity index (χ3v) is 2.62. The van der Waals surface area contributed by atoms with E-state index in [0.717, 1.165) is 0 Å². The molecule has 1 atom stereocenters. The highest BCUT2D eigenvalue weighted by atomic mass is 19.1. The third-order valence-electron chi connectivity index (χ3n) is 2.62. The van der Waals surface area contributed by atoms with E-state index in [1.165, 1.54) is 6.07 Å². The zero-order valence-electron chi connectivity index (χ0n) is 9.61. The van der Waals surface area contributed by atoms with Crippen LogP contribution in [0.2, 0.25) is 0 Å². The first-order valence-corrected chi connectivity index (χ1v) is 5.29. The van der Waals surface area contributed by atoms with Gasteiger partial charge in [-0.3, -0.25) is 9.69 Å². The Bertz CT molecular complexity index is 368. The van der Waals surface area contributed by atoms with Gasteiger partial charge in [-0.05, 0) is 19.5 Å². The number of carbonyl (C=O) groups is 1. The number of hydrogen-bond donors (Lipinski definition) is 1. The van der Waals surface area contributed by atoms with Crippen molar-refractivity contribution in [3.8, 4) is 0 Å². The van der Waals surface area contributed by atoms with Crippen LogP contribution in [0.25, 0.3) is 0 Å². The molecule has 2 N–H and O–H groups in total. The van der Waals surface area contributed by atoms with Crippen molar-refractivity contribution in [1.29, 1.82) is 0 Å². The third kappa shape index (κ3) is 3.03. The highest BCUT2D eigenvalue weighted by molar-refractivity contribution is 5.79. The Hall–Kier alpha value is -1.42. The first-order valence-electron chi connectivity index (χ1n) is 5.29. The van der Waals surface area contributed by atoms with Gasteiger partial charge in [0.2, 0.25) is 5.91 Å². The highest BCUT2D eigenvalue weighted by Gasteiger charge is 2.19. The number of rotatable bonds is 5. The van der Waals surface area contributed by atoms with Crippen molar-refractivity contribution < 1.29 is 9.18 Å². The molecular formula is C12H17FN2O. The monoisotopic (exact) mass is 224 g/mol. The molecule has 0 aliphatic carbocycles. The molecule has 0 saturated carbocycles. The van der Waals surface area contributed by atoms with E-state index in [-0.39, 0.29) is 17.8 Å². The smallest absolute Gasteiger partial charge is 0.234 e. The first-order chi connectivity index (χ1) is 7.56. The van der Waals surface area contributed by atoms with Gasteiger partial charge in [-0.1, -0.05) is 25.1 Å². The van der Waals surface area contributed by atoms with Crippen LogP contribution in [0.3, 0.4) is 0 Å². The van der Waals surface area contributed by atoms with Crippen molar-refractivity contribution in [3.63, 3.8) is 0 Å². The van der Waals surface area contributed by atoms with Gasteiger partial charge in [0.15, 0.2) is 0 Å². The van der Waals surface area contributed by atoms with Gasteiger partial charge >= 0.3 is 0 Å². The van der Waals surface area contributed by atoms with E-state index in [2.05, 4.69) is 0 Å². The van der Waals surface area contributed by atoms with Crippen molar-refractivity contribution in [2.24, 2.45) is 5.73 Å². The van der Waals surface area contributed by atoms with Crippen molar-refractivity contribution in [1.82, 2.24) is 4.90 Å². The summed E-state index contributed by atoms with van der Waals surface area (Å²) in [4.78, 5) is 12.9. The molecule has 1 rings (SSSR count). The lowest BCUT2D eigenvalue weighted by atomic mass is 10.1. The van der Waals surface area contributed by atoms with Gasteiger partial charge in [-0.2, -0.15) is 0 Å². The quantitative estimate of drug-likeness (QED) is 0.824. The fourth-order valence-electron chi connectivity index (χ4n) is 1.74. The minimum Gasteiger partial charge on any atom is -0.368 e. The zero-order valence-corrected chi connectivity index (χ0v) is 9.61. The van der Waals surface area contributed by atoms with Crippen LogP contribution in [0.1, 0.15) is 18.9 Å². The van der Waals surface area contributed by atoms with E-state index in [4.69, 9.17) is 5.73 Å². The molecule has 1 aromatic rings. The Kier molecular flexibility index (Phi) is 4.43. The van der Waals surface area contributed by atoms with Crippen molar-refractivity contribution in [3.05, 3.63) is 35.6 Å². The molecule has 0 heterocycles. The average molecular weight is 224 g/mol. The molecule has 1 amide bonds. The van der Waals surface area contributed by atoms with Crippen LogP contribution in [-0.2, 0) is 11.3 Å². The molecule has 88 valence electrons. The van der Waals surface area contributed by atoms with Gasteiger partial charge in [-0.15, -0.1) is 0 Å². The summed E-state index contributed by atoms with van der Waals surface area (Å²) in [5, 5.41) is 0. The second kappa shape index (κ2) is 5.61. The Morgan fingerprint density at radius 1 is 1.50 bits per heavy atom. The van der Waals surface area contributed by atoms with Crippen molar-refractivity contribution in [2.45, 2.75) is 25.9 Å². The van der Waals surface area contributed by atoms with Gasteiger partial charge in [0, 0.05) is 12.1 Å². The predicted molar refractivity (Wildman–Crippen MR) is 61.1 cm³/mol. The topological polar surface area (TPSA) is 46.3 Å². The lowest BCUT2D eigenvalue weighted by Gasteiger charge is -2.24. The molecule has 0 aliphatic heterocycles. The molecule has 16 heavy (non-hydrogen) atoms. The molecule has 0 radical (unpaired) electrons. The Balaban J connectivity index is 2.74. The van der Waals surface area contributed by atoms with E-state index in [1.54, 1.807) is 30.1 Å². The van der Waals surface area contributed by atoms with Gasteiger partial charge < -0.3 is 5.73 Å². The van der Waals surface area contributed by atoms with Crippen LogP contribution in [0.5, 0.6) is 0 Å². The summed E-state index contributed by atoms with van der Waals surface area (Å²) in [5.41, 5.74) is 5.84. The molecule has 1 aromatic carbocycles. The summed E-state index contributed by atoms with van der Waals surface area (Å²) in [6, 6.07) is 6.19. The van der Waals surface area contributed by atoms with E-state index in [0.29, 0.717) is 18.5 Å². The number of amides is 1. The molecule has 4 heteroatoms. The van der Waals surface area contributed by atoms with E-state index in [1.807, 2.05) is 6.92 Å². The maximum atomic E-state index is 13.4. The second-order valence-electron chi connectivity index (χ2n) is 3.83. The number of hydrogen-bond acceptors (Lipinski definition) is 2. The molecule has 0 saturated heterocycles. The van der Waals surface area contributed by atoms with Gasteiger partial charge in [0.05, 0.1) is 6.04 Å². The van der Waals surface area contributed by atoms with Crippen LogP contribution in [-0.4, -0.2) is 23.9 Å². The second-order valence-corrected chi connectivity index (χ2v) is 3.83. The largest absolute Gasteiger partial charge is 0.368 e. The summed E-state index contributed by atoms with van der Waals surface area (Å²) >= 11 is 0. The van der Waals surface area contributed by atoms with Crippen LogP contribution in [0, 0.1) is 5.82 Å². The molecule has 3 nitrogen and oxygen atoms in total. The summed E-state index contributed by atoms with van der Waals surface area (Å²) in [6.45, 7) is 2.27. The fourth-order valence-corrected chi connectivity index (χ4v) is 1.74. The van der Waals surface area contributed by atoms with Crippen LogP contribution < -0.4 is 5.73 Å². The molecule has 0 fully saturated rings. The fraction of sp³-hybridized carbons (Fsp3) is 0.417. The summed E-state index contributed by atoms with van der Waals surface area (Å²) in [5.74, 6) is -0.630.